The summed E-state index contributed by atoms with van der Waals surface area (Å²) in [7, 11) is 3.03. The smallest absolute Gasteiger partial charge is 0.251 e. The van der Waals surface area contributed by atoms with Gasteiger partial charge in [-0.1, -0.05) is 11.6 Å². The molecule has 0 aliphatic heterocycles. The Morgan fingerprint density at radius 3 is 2.65 bits per heavy atom. The average molecular weight is 259 g/mol. The number of nitrogens with one attached hydrogen (secondary N) is 1. The first-order valence-corrected chi connectivity index (χ1v) is 5.44. The highest BCUT2D eigenvalue weighted by Gasteiger charge is 2.18. The largest absolute Gasteiger partial charge is 0.354 e. The molecule has 1 rings (SSSR count). The van der Waals surface area contributed by atoms with Crippen LogP contribution in [0.1, 0.15) is 17.3 Å². The Balaban J connectivity index is 2.66. The summed E-state index contributed by atoms with van der Waals surface area (Å²) in [5.41, 5.74) is 0.447. The summed E-state index contributed by atoms with van der Waals surface area (Å²) in [5, 5.41) is 3.03. The topological polar surface area (TPSA) is 60.5 Å². The van der Waals surface area contributed by atoms with Crippen LogP contribution in [0.5, 0.6) is 0 Å². The van der Waals surface area contributed by atoms with Crippen LogP contribution in [0.4, 0.5) is 0 Å². The molecule has 1 aromatic heterocycles. The van der Waals surface area contributed by atoms with Gasteiger partial charge in [-0.3, -0.25) is 4.79 Å². The third kappa shape index (κ3) is 3.96. The fraction of sp³-hybridized carbons (Fsp3) is 0.455. The SMILES string of the molecule is COC(OC)C(C)NC(=O)c1ccnc(Cl)c1. The highest BCUT2D eigenvalue weighted by molar-refractivity contribution is 6.29. The van der Waals surface area contributed by atoms with Gasteiger partial charge in [0.1, 0.15) is 5.15 Å². The molecule has 1 aromatic rings. The molecule has 0 aromatic carbocycles. The zero-order valence-electron chi connectivity index (χ0n) is 9.94. The molecule has 1 unspecified atom stereocenters. The highest BCUT2D eigenvalue weighted by Crippen LogP contribution is 2.08. The fourth-order valence-electron chi connectivity index (χ4n) is 1.41. The van der Waals surface area contributed by atoms with Gasteiger partial charge in [-0.15, -0.1) is 0 Å². The molecule has 1 N–H and O–H groups in total. The van der Waals surface area contributed by atoms with E-state index in [2.05, 4.69) is 10.3 Å². The number of pyridine rings is 1. The van der Waals surface area contributed by atoms with Crippen molar-refractivity contribution < 1.29 is 14.3 Å². The highest BCUT2D eigenvalue weighted by atomic mass is 35.5. The minimum atomic E-state index is -0.490. The van der Waals surface area contributed by atoms with E-state index in [1.165, 1.54) is 26.5 Å². The minimum Gasteiger partial charge on any atom is -0.354 e. The van der Waals surface area contributed by atoms with E-state index in [0.717, 1.165) is 0 Å². The van der Waals surface area contributed by atoms with Crippen LogP contribution in [0.2, 0.25) is 5.15 Å². The molecule has 0 saturated heterocycles. The number of rotatable bonds is 5. The Morgan fingerprint density at radius 2 is 2.12 bits per heavy atom. The number of hydrogen-bond acceptors (Lipinski definition) is 4. The predicted octanol–water partition coefficient (Wildman–Crippen LogP) is 1.47. The van der Waals surface area contributed by atoms with E-state index < -0.39 is 6.29 Å². The van der Waals surface area contributed by atoms with E-state index in [0.29, 0.717) is 5.56 Å². The molecule has 0 spiro atoms. The van der Waals surface area contributed by atoms with Crippen LogP contribution >= 0.6 is 11.6 Å². The van der Waals surface area contributed by atoms with Crippen molar-refractivity contribution in [3.8, 4) is 0 Å². The van der Waals surface area contributed by atoms with Crippen LogP contribution in [0.3, 0.4) is 0 Å². The number of carbonyl (C=O) groups is 1. The van der Waals surface area contributed by atoms with Gasteiger partial charge in [0.25, 0.3) is 5.91 Å². The Labute approximate surface area is 105 Å². The fourth-order valence-corrected chi connectivity index (χ4v) is 1.58. The summed E-state index contributed by atoms with van der Waals surface area (Å²) in [6, 6.07) is 2.81. The van der Waals surface area contributed by atoms with Crippen molar-refractivity contribution in [2.45, 2.75) is 19.3 Å². The van der Waals surface area contributed by atoms with Gasteiger partial charge >= 0.3 is 0 Å². The normalized spacial score (nSPS) is 12.5. The van der Waals surface area contributed by atoms with Crippen LogP contribution in [-0.2, 0) is 9.47 Å². The van der Waals surface area contributed by atoms with Crippen LogP contribution in [0, 0.1) is 0 Å². The Hall–Kier alpha value is -1.17. The zero-order valence-corrected chi connectivity index (χ0v) is 10.7. The maximum atomic E-state index is 11.8. The summed E-state index contributed by atoms with van der Waals surface area (Å²) >= 11 is 5.70. The molecule has 94 valence electrons. The third-order valence-electron chi connectivity index (χ3n) is 2.22. The number of hydrogen-bond donors (Lipinski definition) is 1. The molecule has 0 aliphatic rings. The lowest BCUT2D eigenvalue weighted by Crippen LogP contribution is -2.42. The van der Waals surface area contributed by atoms with Crippen LogP contribution in [-0.4, -0.2) is 37.4 Å². The number of nitrogens with zero attached hydrogens (tertiary/aromatic N) is 1. The second-order valence-electron chi connectivity index (χ2n) is 3.47. The number of ether oxygens (including phenoxy) is 2. The molecule has 0 saturated carbocycles. The van der Waals surface area contributed by atoms with E-state index in [1.54, 1.807) is 13.0 Å². The van der Waals surface area contributed by atoms with Crippen molar-refractivity contribution in [3.63, 3.8) is 0 Å². The Kier molecular flexibility index (Phi) is 5.34. The Morgan fingerprint density at radius 1 is 1.47 bits per heavy atom. The zero-order chi connectivity index (χ0) is 12.8. The van der Waals surface area contributed by atoms with Gasteiger partial charge in [0, 0.05) is 26.0 Å². The number of methoxy groups -OCH3 is 2. The van der Waals surface area contributed by atoms with Gasteiger partial charge < -0.3 is 14.8 Å². The predicted molar refractivity (Wildman–Crippen MR) is 64.0 cm³/mol. The summed E-state index contributed by atoms with van der Waals surface area (Å²) in [4.78, 5) is 15.6. The van der Waals surface area contributed by atoms with Crippen molar-refractivity contribution in [1.82, 2.24) is 10.3 Å². The molecular weight excluding hydrogens is 244 g/mol. The van der Waals surface area contributed by atoms with Gasteiger partial charge in [-0.05, 0) is 19.1 Å². The van der Waals surface area contributed by atoms with Crippen LogP contribution in [0.15, 0.2) is 18.3 Å². The Bertz CT molecular complexity index is 383. The van der Waals surface area contributed by atoms with Gasteiger partial charge in [-0.2, -0.15) is 0 Å². The molecule has 0 radical (unpaired) electrons. The summed E-state index contributed by atoms with van der Waals surface area (Å²) in [5.74, 6) is -0.249. The summed E-state index contributed by atoms with van der Waals surface area (Å²) in [6.07, 6.45) is 0.989. The summed E-state index contributed by atoms with van der Waals surface area (Å²) in [6.45, 7) is 1.79. The molecule has 0 aliphatic carbocycles. The van der Waals surface area contributed by atoms with Gasteiger partial charge in [-0.25, -0.2) is 4.98 Å². The standard InChI is InChI=1S/C11H15ClN2O3/c1-7(11(16-2)17-3)14-10(15)8-4-5-13-9(12)6-8/h4-7,11H,1-3H3,(H,14,15). The first kappa shape index (κ1) is 13.9. The molecule has 5 nitrogen and oxygen atoms in total. The number of aromatic nitrogens is 1. The minimum absolute atomic E-state index is 0.249. The first-order valence-electron chi connectivity index (χ1n) is 5.06. The van der Waals surface area contributed by atoms with Crippen molar-refractivity contribution in [3.05, 3.63) is 29.0 Å². The molecule has 0 fully saturated rings. The molecular formula is C11H15ClN2O3. The number of amides is 1. The van der Waals surface area contributed by atoms with Gasteiger partial charge in [0.15, 0.2) is 6.29 Å². The molecule has 6 heteroatoms. The van der Waals surface area contributed by atoms with E-state index in [-0.39, 0.29) is 17.1 Å². The molecule has 1 heterocycles. The van der Waals surface area contributed by atoms with Gasteiger partial charge in [0.2, 0.25) is 0 Å². The lowest BCUT2D eigenvalue weighted by atomic mass is 10.2. The van der Waals surface area contributed by atoms with E-state index in [4.69, 9.17) is 21.1 Å². The number of halogens is 1. The molecule has 1 atom stereocenters. The maximum Gasteiger partial charge on any atom is 0.251 e. The summed E-state index contributed by atoms with van der Waals surface area (Å²) < 4.78 is 10.1. The van der Waals surface area contributed by atoms with Crippen LogP contribution in [0.25, 0.3) is 0 Å². The van der Waals surface area contributed by atoms with Gasteiger partial charge in [0.05, 0.1) is 6.04 Å². The van der Waals surface area contributed by atoms with Crippen molar-refractivity contribution in [1.29, 1.82) is 0 Å². The monoisotopic (exact) mass is 258 g/mol. The first-order chi connectivity index (χ1) is 8.08. The van der Waals surface area contributed by atoms with E-state index >= 15 is 0 Å². The van der Waals surface area contributed by atoms with E-state index in [9.17, 15) is 4.79 Å². The lowest BCUT2D eigenvalue weighted by Gasteiger charge is -2.22. The molecule has 17 heavy (non-hydrogen) atoms. The van der Waals surface area contributed by atoms with Crippen molar-refractivity contribution in [2.75, 3.05) is 14.2 Å². The third-order valence-corrected chi connectivity index (χ3v) is 2.43. The lowest BCUT2D eigenvalue weighted by molar-refractivity contribution is -0.117. The van der Waals surface area contributed by atoms with E-state index in [1.807, 2.05) is 0 Å². The van der Waals surface area contributed by atoms with Crippen molar-refractivity contribution in [2.24, 2.45) is 0 Å². The quantitative estimate of drug-likeness (QED) is 0.642. The molecule has 0 bridgehead atoms. The van der Waals surface area contributed by atoms with Crippen LogP contribution < -0.4 is 5.32 Å². The second-order valence-corrected chi connectivity index (χ2v) is 3.86. The number of carbonyl (C=O) groups excluding carboxylic acids is 1. The maximum absolute atomic E-state index is 11.8. The second kappa shape index (κ2) is 6.54. The average Bonchev–Trinajstić information content (AvgIpc) is 2.30. The van der Waals surface area contributed by atoms with Crippen molar-refractivity contribution >= 4 is 17.5 Å². The molecule has 1 amide bonds.